The van der Waals surface area contributed by atoms with Crippen molar-refractivity contribution >= 4 is 5.97 Å². The molecule has 0 radical (unpaired) electrons. The number of aliphatic carboxylic acids is 1. The molecule has 0 amide bonds. The molecule has 0 spiro atoms. The normalized spacial score (nSPS) is 12.1. The van der Waals surface area contributed by atoms with Gasteiger partial charge in [0.05, 0.1) is 6.61 Å². The molecule has 0 aliphatic heterocycles. The maximum absolute atomic E-state index is 10.2. The Morgan fingerprint density at radius 3 is 2.36 bits per heavy atom. The molecule has 84 valence electrons. The molecule has 0 saturated carbocycles. The van der Waals surface area contributed by atoms with Crippen LogP contribution < -0.4 is 0 Å². The van der Waals surface area contributed by atoms with E-state index in [1.54, 1.807) is 0 Å². The lowest BCUT2D eigenvalue weighted by atomic mass is 10.0. The van der Waals surface area contributed by atoms with Crippen LogP contribution in [0, 0.1) is 0 Å². The maximum Gasteiger partial charge on any atom is 0.303 e. The van der Waals surface area contributed by atoms with Crippen molar-refractivity contribution in [1.82, 2.24) is 4.90 Å². The first kappa shape index (κ1) is 13.4. The molecule has 4 heteroatoms. The number of carboxylic acid groups (broad SMARTS) is 1. The van der Waals surface area contributed by atoms with Gasteiger partial charge >= 0.3 is 5.97 Å². The molecule has 0 saturated heterocycles. The molecule has 4 nitrogen and oxygen atoms in total. The average Bonchev–Trinajstić information content (AvgIpc) is 2.11. The number of nitrogens with zero attached hydrogens (tertiary/aromatic N) is 1. The summed E-state index contributed by atoms with van der Waals surface area (Å²) in [5.41, 5.74) is -0.219. The van der Waals surface area contributed by atoms with Crippen molar-refractivity contribution in [2.75, 3.05) is 20.2 Å². The molecule has 0 atom stereocenters. The van der Waals surface area contributed by atoms with E-state index in [-0.39, 0.29) is 18.6 Å². The Hall–Kier alpha value is -0.610. The zero-order valence-corrected chi connectivity index (χ0v) is 9.29. The Kier molecular flexibility index (Phi) is 5.72. The molecule has 0 heterocycles. The molecule has 0 aromatic carbocycles. The summed E-state index contributed by atoms with van der Waals surface area (Å²) < 4.78 is 0. The molecular weight excluding hydrogens is 182 g/mol. The van der Waals surface area contributed by atoms with Crippen molar-refractivity contribution in [3.05, 3.63) is 0 Å². The van der Waals surface area contributed by atoms with E-state index in [4.69, 9.17) is 10.2 Å². The molecule has 0 unspecified atom stereocenters. The molecule has 0 aliphatic rings. The standard InChI is InChI=1S/C10H21NO3/c1-10(2,8-12)11(3)7-5-4-6-9(13)14/h12H,4-8H2,1-3H3,(H,13,14). The molecule has 0 aromatic rings. The lowest BCUT2D eigenvalue weighted by molar-refractivity contribution is -0.137. The molecular formula is C10H21NO3. The van der Waals surface area contributed by atoms with Crippen molar-refractivity contribution < 1.29 is 15.0 Å². The van der Waals surface area contributed by atoms with Gasteiger partial charge in [-0.15, -0.1) is 0 Å². The predicted octanol–water partition coefficient (Wildman–Crippen LogP) is 0.944. The van der Waals surface area contributed by atoms with Crippen molar-refractivity contribution in [3.63, 3.8) is 0 Å². The number of carbonyl (C=O) groups is 1. The fraction of sp³-hybridized carbons (Fsp3) is 0.900. The Balaban J connectivity index is 3.63. The van der Waals surface area contributed by atoms with Crippen LogP contribution in [-0.2, 0) is 4.79 Å². The quantitative estimate of drug-likeness (QED) is 0.605. The smallest absolute Gasteiger partial charge is 0.303 e. The van der Waals surface area contributed by atoms with Crippen LogP contribution in [0.25, 0.3) is 0 Å². The maximum atomic E-state index is 10.2. The van der Waals surface area contributed by atoms with Gasteiger partial charge in [-0.3, -0.25) is 9.69 Å². The lowest BCUT2D eigenvalue weighted by Gasteiger charge is -2.33. The first-order chi connectivity index (χ1) is 6.40. The van der Waals surface area contributed by atoms with Crippen LogP contribution in [0.15, 0.2) is 0 Å². The molecule has 2 N–H and O–H groups in total. The van der Waals surface area contributed by atoms with Crippen molar-refractivity contribution in [3.8, 4) is 0 Å². The number of unbranched alkanes of at least 4 members (excludes halogenated alkanes) is 1. The summed E-state index contributed by atoms with van der Waals surface area (Å²) in [4.78, 5) is 12.3. The van der Waals surface area contributed by atoms with Crippen LogP contribution in [0.1, 0.15) is 33.1 Å². The zero-order valence-electron chi connectivity index (χ0n) is 9.29. The monoisotopic (exact) mass is 203 g/mol. The highest BCUT2D eigenvalue weighted by molar-refractivity contribution is 5.66. The topological polar surface area (TPSA) is 60.8 Å². The number of rotatable bonds is 7. The highest BCUT2D eigenvalue weighted by Gasteiger charge is 2.21. The summed E-state index contributed by atoms with van der Waals surface area (Å²) in [5, 5.41) is 17.5. The molecule has 0 aromatic heterocycles. The Morgan fingerprint density at radius 2 is 1.93 bits per heavy atom. The lowest BCUT2D eigenvalue weighted by Crippen LogP contribution is -2.44. The predicted molar refractivity (Wildman–Crippen MR) is 55.3 cm³/mol. The van der Waals surface area contributed by atoms with E-state index in [1.165, 1.54) is 0 Å². The average molecular weight is 203 g/mol. The fourth-order valence-electron chi connectivity index (χ4n) is 1.05. The second-order valence-electron chi connectivity index (χ2n) is 4.24. The number of hydrogen-bond donors (Lipinski definition) is 2. The van der Waals surface area contributed by atoms with Crippen LogP contribution in [0.5, 0.6) is 0 Å². The van der Waals surface area contributed by atoms with E-state index in [1.807, 2.05) is 20.9 Å². The molecule has 0 bridgehead atoms. The summed E-state index contributed by atoms with van der Waals surface area (Å²) in [5.74, 6) is -0.742. The van der Waals surface area contributed by atoms with E-state index < -0.39 is 5.97 Å². The van der Waals surface area contributed by atoms with E-state index in [0.29, 0.717) is 6.42 Å². The molecule has 0 fully saturated rings. The van der Waals surface area contributed by atoms with Crippen LogP contribution in [0.3, 0.4) is 0 Å². The van der Waals surface area contributed by atoms with E-state index >= 15 is 0 Å². The van der Waals surface area contributed by atoms with Gasteiger partial charge in [-0.25, -0.2) is 0 Å². The SMILES string of the molecule is CN(CCCCC(=O)O)C(C)(C)CO. The van der Waals surface area contributed by atoms with Crippen LogP contribution in [-0.4, -0.2) is 46.8 Å². The van der Waals surface area contributed by atoms with Gasteiger partial charge in [0.2, 0.25) is 0 Å². The van der Waals surface area contributed by atoms with Gasteiger partial charge in [-0.1, -0.05) is 0 Å². The summed E-state index contributed by atoms with van der Waals surface area (Å²) in [6, 6.07) is 0. The molecule has 0 rings (SSSR count). The van der Waals surface area contributed by atoms with Gasteiger partial charge < -0.3 is 10.2 Å². The first-order valence-electron chi connectivity index (χ1n) is 4.94. The van der Waals surface area contributed by atoms with Crippen LogP contribution >= 0.6 is 0 Å². The third-order valence-corrected chi connectivity index (χ3v) is 2.55. The number of aliphatic hydroxyl groups excluding tert-OH is 1. The Morgan fingerprint density at radius 1 is 1.36 bits per heavy atom. The van der Waals surface area contributed by atoms with Gasteiger partial charge in [0.15, 0.2) is 0 Å². The van der Waals surface area contributed by atoms with Crippen LogP contribution in [0.2, 0.25) is 0 Å². The third kappa shape index (κ3) is 5.19. The second kappa shape index (κ2) is 5.98. The van der Waals surface area contributed by atoms with E-state index in [0.717, 1.165) is 13.0 Å². The van der Waals surface area contributed by atoms with Crippen molar-refractivity contribution in [2.45, 2.75) is 38.6 Å². The Labute approximate surface area is 85.5 Å². The van der Waals surface area contributed by atoms with Gasteiger partial charge in [0.1, 0.15) is 0 Å². The highest BCUT2D eigenvalue weighted by atomic mass is 16.4. The molecule has 14 heavy (non-hydrogen) atoms. The second-order valence-corrected chi connectivity index (χ2v) is 4.24. The third-order valence-electron chi connectivity index (χ3n) is 2.55. The van der Waals surface area contributed by atoms with Gasteiger partial charge in [0.25, 0.3) is 0 Å². The minimum Gasteiger partial charge on any atom is -0.481 e. The minimum absolute atomic E-state index is 0.114. The summed E-state index contributed by atoms with van der Waals surface area (Å²) >= 11 is 0. The zero-order chi connectivity index (χ0) is 11.2. The number of hydrogen-bond acceptors (Lipinski definition) is 3. The highest BCUT2D eigenvalue weighted by Crippen LogP contribution is 2.11. The summed E-state index contributed by atoms with van der Waals surface area (Å²) in [7, 11) is 1.94. The van der Waals surface area contributed by atoms with E-state index in [2.05, 4.69) is 4.90 Å². The van der Waals surface area contributed by atoms with Gasteiger partial charge in [-0.05, 0) is 40.3 Å². The first-order valence-corrected chi connectivity index (χ1v) is 4.94. The minimum atomic E-state index is -0.742. The van der Waals surface area contributed by atoms with Crippen molar-refractivity contribution in [1.29, 1.82) is 0 Å². The van der Waals surface area contributed by atoms with Gasteiger partial charge in [-0.2, -0.15) is 0 Å². The fourth-order valence-corrected chi connectivity index (χ4v) is 1.05. The molecule has 0 aliphatic carbocycles. The largest absolute Gasteiger partial charge is 0.481 e. The van der Waals surface area contributed by atoms with E-state index in [9.17, 15) is 4.79 Å². The number of likely N-dealkylation sites (N-methyl/N-ethyl adjacent to an activating group) is 1. The number of aliphatic hydroxyl groups is 1. The van der Waals surface area contributed by atoms with Gasteiger partial charge in [0, 0.05) is 12.0 Å². The van der Waals surface area contributed by atoms with Crippen molar-refractivity contribution in [2.24, 2.45) is 0 Å². The van der Waals surface area contributed by atoms with Crippen LogP contribution in [0.4, 0.5) is 0 Å². The Bertz CT molecular complexity index is 180. The summed E-state index contributed by atoms with van der Waals surface area (Å²) in [6.45, 7) is 4.86. The number of carboxylic acids is 1. The summed E-state index contributed by atoms with van der Waals surface area (Å²) in [6.07, 6.45) is 1.78.